The van der Waals surface area contributed by atoms with E-state index in [1.54, 1.807) is 25.6 Å². The summed E-state index contributed by atoms with van der Waals surface area (Å²) >= 11 is 0. The maximum Gasteiger partial charge on any atom is 0.416 e. The molecule has 0 spiro atoms. The van der Waals surface area contributed by atoms with Crippen molar-refractivity contribution in [2.75, 3.05) is 33.3 Å². The fourth-order valence-corrected chi connectivity index (χ4v) is 3.17. The molecule has 2 aromatic rings. The average molecular weight is 395 g/mol. The van der Waals surface area contributed by atoms with E-state index in [-0.39, 0.29) is 0 Å². The van der Waals surface area contributed by atoms with E-state index >= 15 is 0 Å². The fourth-order valence-electron chi connectivity index (χ4n) is 3.17. The predicted molar refractivity (Wildman–Crippen MR) is 99.9 cm³/mol. The highest BCUT2D eigenvalue weighted by molar-refractivity contribution is 5.80. The molecule has 0 saturated carbocycles. The SMILES string of the molecule is CN=C(NCCCn1ccnc1)N1CCOC(c2cccc(C(F)(F)F)c2)C1. The normalized spacial score (nSPS) is 18.4. The molecule has 6 nitrogen and oxygen atoms in total. The van der Waals surface area contributed by atoms with Crippen LogP contribution in [0.15, 0.2) is 48.0 Å². The maximum atomic E-state index is 13.0. The van der Waals surface area contributed by atoms with Crippen molar-refractivity contribution in [3.05, 3.63) is 54.1 Å². The molecule has 28 heavy (non-hydrogen) atoms. The molecule has 1 unspecified atom stereocenters. The minimum Gasteiger partial charge on any atom is -0.370 e. The summed E-state index contributed by atoms with van der Waals surface area (Å²) in [5.74, 6) is 0.728. The lowest BCUT2D eigenvalue weighted by molar-refractivity contribution is -0.137. The first kappa shape index (κ1) is 20.2. The quantitative estimate of drug-likeness (QED) is 0.481. The summed E-state index contributed by atoms with van der Waals surface area (Å²) in [7, 11) is 1.70. The Morgan fingerprint density at radius 2 is 2.25 bits per heavy atom. The Hall–Kier alpha value is -2.55. The van der Waals surface area contributed by atoms with Crippen molar-refractivity contribution in [1.29, 1.82) is 0 Å². The zero-order valence-electron chi connectivity index (χ0n) is 15.7. The molecular weight excluding hydrogens is 371 g/mol. The molecule has 1 saturated heterocycles. The number of ether oxygens (including phenoxy) is 1. The van der Waals surface area contributed by atoms with E-state index in [1.807, 2.05) is 15.7 Å². The number of nitrogens with one attached hydrogen (secondary N) is 1. The van der Waals surface area contributed by atoms with Crippen molar-refractivity contribution in [3.63, 3.8) is 0 Å². The molecule has 1 N–H and O–H groups in total. The maximum absolute atomic E-state index is 13.0. The molecule has 9 heteroatoms. The number of hydrogen-bond donors (Lipinski definition) is 1. The number of nitrogens with zero attached hydrogens (tertiary/aromatic N) is 4. The van der Waals surface area contributed by atoms with Gasteiger partial charge in [0.2, 0.25) is 0 Å². The van der Waals surface area contributed by atoms with Crippen LogP contribution in [0.4, 0.5) is 13.2 Å². The van der Waals surface area contributed by atoms with Gasteiger partial charge in [0.05, 0.1) is 25.0 Å². The topological polar surface area (TPSA) is 54.7 Å². The predicted octanol–water partition coefficient (Wildman–Crippen LogP) is 2.94. The summed E-state index contributed by atoms with van der Waals surface area (Å²) in [4.78, 5) is 10.3. The van der Waals surface area contributed by atoms with Gasteiger partial charge in [0.15, 0.2) is 5.96 Å². The van der Waals surface area contributed by atoms with Gasteiger partial charge in [-0.05, 0) is 24.1 Å². The second-order valence-electron chi connectivity index (χ2n) is 6.56. The number of alkyl halides is 3. The summed E-state index contributed by atoms with van der Waals surface area (Å²) in [6, 6.07) is 5.33. The Morgan fingerprint density at radius 1 is 1.39 bits per heavy atom. The van der Waals surface area contributed by atoms with Crippen molar-refractivity contribution in [1.82, 2.24) is 19.8 Å². The van der Waals surface area contributed by atoms with E-state index in [1.165, 1.54) is 6.07 Å². The summed E-state index contributed by atoms with van der Waals surface area (Å²) in [6.45, 7) is 3.09. The monoisotopic (exact) mass is 395 g/mol. The number of aryl methyl sites for hydroxylation is 1. The van der Waals surface area contributed by atoms with E-state index < -0.39 is 17.8 Å². The first-order valence-corrected chi connectivity index (χ1v) is 9.17. The Morgan fingerprint density at radius 3 is 2.96 bits per heavy atom. The average Bonchev–Trinajstić information content (AvgIpc) is 3.21. The van der Waals surface area contributed by atoms with E-state index in [0.717, 1.165) is 37.6 Å². The van der Waals surface area contributed by atoms with E-state index in [9.17, 15) is 13.2 Å². The van der Waals surface area contributed by atoms with Crippen LogP contribution in [0.5, 0.6) is 0 Å². The highest BCUT2D eigenvalue weighted by Gasteiger charge is 2.32. The number of aromatic nitrogens is 2. The smallest absolute Gasteiger partial charge is 0.370 e. The number of hydrogen-bond acceptors (Lipinski definition) is 3. The van der Waals surface area contributed by atoms with E-state index in [4.69, 9.17) is 4.74 Å². The molecule has 0 aliphatic carbocycles. The van der Waals surface area contributed by atoms with Crippen LogP contribution in [0.25, 0.3) is 0 Å². The van der Waals surface area contributed by atoms with Crippen LogP contribution in [0, 0.1) is 0 Å². The van der Waals surface area contributed by atoms with Gasteiger partial charge in [-0.15, -0.1) is 0 Å². The largest absolute Gasteiger partial charge is 0.416 e. The summed E-state index contributed by atoms with van der Waals surface area (Å²) in [5, 5.41) is 3.32. The molecule has 0 amide bonds. The number of aliphatic imine (C=N–C) groups is 1. The van der Waals surface area contributed by atoms with Gasteiger partial charge in [-0.25, -0.2) is 4.98 Å². The molecule has 2 heterocycles. The third-order valence-corrected chi connectivity index (χ3v) is 4.60. The number of benzene rings is 1. The van der Waals surface area contributed by atoms with Crippen LogP contribution in [-0.2, 0) is 17.5 Å². The molecule has 1 aliphatic rings. The molecule has 1 aromatic carbocycles. The summed E-state index contributed by atoms with van der Waals surface area (Å²) in [6.07, 6.45) is 1.54. The van der Waals surface area contributed by atoms with Gasteiger partial charge in [-0.3, -0.25) is 4.99 Å². The van der Waals surface area contributed by atoms with Gasteiger partial charge in [-0.1, -0.05) is 12.1 Å². The van der Waals surface area contributed by atoms with Crippen molar-refractivity contribution in [3.8, 4) is 0 Å². The van der Waals surface area contributed by atoms with Gasteiger partial charge in [-0.2, -0.15) is 13.2 Å². The third-order valence-electron chi connectivity index (χ3n) is 4.60. The first-order chi connectivity index (χ1) is 13.5. The minimum absolute atomic E-state index is 0.427. The molecule has 152 valence electrons. The molecule has 0 radical (unpaired) electrons. The van der Waals surface area contributed by atoms with Crippen LogP contribution in [-0.4, -0.2) is 53.7 Å². The first-order valence-electron chi connectivity index (χ1n) is 9.17. The summed E-state index contributed by atoms with van der Waals surface area (Å²) in [5.41, 5.74) is -0.136. The van der Waals surface area contributed by atoms with Crippen LogP contribution in [0.2, 0.25) is 0 Å². The lowest BCUT2D eigenvalue weighted by atomic mass is 10.0. The van der Waals surface area contributed by atoms with Gasteiger partial charge >= 0.3 is 6.18 Å². The molecule has 1 aliphatic heterocycles. The molecule has 1 atom stereocenters. The number of rotatable bonds is 5. The molecule has 1 fully saturated rings. The standard InChI is InChI=1S/C19H24F3N5O/c1-23-18(25-6-3-8-26-9-7-24-14-26)27-10-11-28-17(13-27)15-4-2-5-16(12-15)19(20,21)22/h2,4-5,7,9,12,14,17H,3,6,8,10-11,13H2,1H3,(H,23,25). The van der Waals surface area contributed by atoms with Crippen LogP contribution in [0.3, 0.4) is 0 Å². The van der Waals surface area contributed by atoms with Crippen molar-refractivity contribution < 1.29 is 17.9 Å². The van der Waals surface area contributed by atoms with Crippen LogP contribution in [0.1, 0.15) is 23.7 Å². The van der Waals surface area contributed by atoms with Gasteiger partial charge < -0.3 is 19.5 Å². The minimum atomic E-state index is -4.36. The lowest BCUT2D eigenvalue weighted by Gasteiger charge is -2.35. The number of imidazole rings is 1. The Bertz CT molecular complexity index is 776. The van der Waals surface area contributed by atoms with Crippen molar-refractivity contribution in [2.24, 2.45) is 4.99 Å². The fraction of sp³-hybridized carbons (Fsp3) is 0.474. The van der Waals surface area contributed by atoms with Gasteiger partial charge in [0.25, 0.3) is 0 Å². The second-order valence-corrected chi connectivity index (χ2v) is 6.56. The Labute approximate surface area is 162 Å². The number of morpholine rings is 1. The molecule has 0 bridgehead atoms. The molecule has 3 rings (SSSR count). The molecular formula is C19H24F3N5O. The molecule has 1 aromatic heterocycles. The Kier molecular flexibility index (Phi) is 6.56. The van der Waals surface area contributed by atoms with Crippen LogP contribution < -0.4 is 5.32 Å². The summed E-state index contributed by atoms with van der Waals surface area (Å²) < 4.78 is 46.7. The van der Waals surface area contributed by atoms with E-state index in [2.05, 4.69) is 15.3 Å². The third kappa shape index (κ3) is 5.25. The van der Waals surface area contributed by atoms with Crippen LogP contribution >= 0.6 is 0 Å². The lowest BCUT2D eigenvalue weighted by Crippen LogP contribution is -2.48. The number of halogens is 3. The zero-order valence-corrected chi connectivity index (χ0v) is 15.7. The highest BCUT2D eigenvalue weighted by Crippen LogP contribution is 2.32. The highest BCUT2D eigenvalue weighted by atomic mass is 19.4. The zero-order chi connectivity index (χ0) is 20.0. The van der Waals surface area contributed by atoms with Crippen molar-refractivity contribution >= 4 is 5.96 Å². The van der Waals surface area contributed by atoms with Crippen molar-refractivity contribution in [2.45, 2.75) is 25.2 Å². The van der Waals surface area contributed by atoms with E-state index in [0.29, 0.717) is 25.3 Å². The second kappa shape index (κ2) is 9.09. The van der Waals surface area contributed by atoms with Gasteiger partial charge in [0.1, 0.15) is 6.10 Å². The number of guanidine groups is 1. The Balaban J connectivity index is 1.57. The van der Waals surface area contributed by atoms with Gasteiger partial charge in [0, 0.05) is 39.1 Å².